The molecular formula is C27H31FN4O3. The summed E-state index contributed by atoms with van der Waals surface area (Å²) in [6, 6.07) is 12.3. The molecule has 1 aromatic heterocycles. The second kappa shape index (κ2) is 9.79. The van der Waals surface area contributed by atoms with Crippen molar-refractivity contribution in [1.29, 1.82) is 0 Å². The molecule has 2 fully saturated rings. The number of aliphatic hydroxyl groups excluding tert-OH is 1. The van der Waals surface area contributed by atoms with Gasteiger partial charge in [-0.1, -0.05) is 37.3 Å². The molecule has 2 aliphatic rings. The average molecular weight is 479 g/mol. The largest absolute Gasteiger partial charge is 0.387 e. The van der Waals surface area contributed by atoms with Gasteiger partial charge in [0, 0.05) is 50.3 Å². The third-order valence-electron chi connectivity index (χ3n) is 7.09. The highest BCUT2D eigenvalue weighted by Crippen LogP contribution is 2.38. The number of aliphatic hydroxyl groups is 1. The van der Waals surface area contributed by atoms with Crippen molar-refractivity contribution in [3.63, 3.8) is 0 Å². The summed E-state index contributed by atoms with van der Waals surface area (Å²) < 4.78 is 17.2. The molecule has 0 bridgehead atoms. The lowest BCUT2D eigenvalue weighted by Crippen LogP contribution is -2.46. The van der Waals surface area contributed by atoms with E-state index < -0.39 is 23.3 Å². The summed E-state index contributed by atoms with van der Waals surface area (Å²) in [7, 11) is 0. The summed E-state index contributed by atoms with van der Waals surface area (Å²) in [5, 5.41) is 13.3. The molecule has 1 saturated carbocycles. The van der Waals surface area contributed by atoms with Crippen LogP contribution in [0.1, 0.15) is 47.8 Å². The molecule has 2 aromatic carbocycles. The first-order chi connectivity index (χ1) is 17.0. The van der Waals surface area contributed by atoms with Gasteiger partial charge in [0.25, 0.3) is 5.91 Å². The molecule has 1 aliphatic carbocycles. The van der Waals surface area contributed by atoms with Crippen LogP contribution < -0.4 is 15.6 Å². The smallest absolute Gasteiger partial charge is 0.256 e. The van der Waals surface area contributed by atoms with Crippen LogP contribution >= 0.6 is 0 Å². The predicted octanol–water partition coefficient (Wildman–Crippen LogP) is 3.08. The van der Waals surface area contributed by atoms with Crippen molar-refractivity contribution in [3.05, 3.63) is 75.8 Å². The lowest BCUT2D eigenvalue weighted by Gasteiger charge is -2.35. The molecule has 0 spiro atoms. The maximum atomic E-state index is 15.2. The summed E-state index contributed by atoms with van der Waals surface area (Å²) in [6.45, 7) is 6.27. The van der Waals surface area contributed by atoms with E-state index in [-0.39, 0.29) is 23.5 Å². The third-order valence-corrected chi connectivity index (χ3v) is 7.09. The van der Waals surface area contributed by atoms with Gasteiger partial charge in [0.15, 0.2) is 0 Å². The van der Waals surface area contributed by atoms with Crippen LogP contribution in [0.25, 0.3) is 10.9 Å². The van der Waals surface area contributed by atoms with Crippen molar-refractivity contribution in [2.24, 2.45) is 0 Å². The minimum Gasteiger partial charge on any atom is -0.387 e. The Bertz CT molecular complexity index is 1280. The number of nitrogens with one attached hydrogen (secondary N) is 1. The molecule has 7 nitrogen and oxygen atoms in total. The summed E-state index contributed by atoms with van der Waals surface area (Å²) in [5.41, 5.74) is 1.31. The van der Waals surface area contributed by atoms with Gasteiger partial charge in [0.2, 0.25) is 5.43 Å². The molecule has 184 valence electrons. The van der Waals surface area contributed by atoms with Crippen LogP contribution in [0.3, 0.4) is 0 Å². The van der Waals surface area contributed by atoms with Crippen LogP contribution in [0.2, 0.25) is 0 Å². The number of hydrogen-bond acceptors (Lipinski definition) is 5. The van der Waals surface area contributed by atoms with Crippen LogP contribution in [0.5, 0.6) is 0 Å². The van der Waals surface area contributed by atoms with Gasteiger partial charge < -0.3 is 24.8 Å². The molecule has 0 radical (unpaired) electrons. The molecule has 0 unspecified atom stereocenters. The summed E-state index contributed by atoms with van der Waals surface area (Å²) >= 11 is 0. The van der Waals surface area contributed by atoms with Crippen molar-refractivity contribution in [3.8, 4) is 0 Å². The summed E-state index contributed by atoms with van der Waals surface area (Å²) in [5.74, 6) is -1.01. The predicted molar refractivity (Wildman–Crippen MR) is 134 cm³/mol. The summed E-state index contributed by atoms with van der Waals surface area (Å²) in [4.78, 5) is 30.6. The topological polar surface area (TPSA) is 77.8 Å². The molecule has 1 amide bonds. The number of halogens is 1. The van der Waals surface area contributed by atoms with Crippen molar-refractivity contribution in [2.75, 3.05) is 44.2 Å². The Balaban J connectivity index is 1.45. The minimum absolute atomic E-state index is 0.0270. The highest BCUT2D eigenvalue weighted by Gasteiger charge is 2.28. The van der Waals surface area contributed by atoms with E-state index in [1.807, 2.05) is 27.7 Å². The SMILES string of the molecule is CCN1CCN(c2cc3c(cc2F)c(=O)c(C(=O)NC[C@H](O)c2ccccc2)cn3C2CC2)CC1. The average Bonchev–Trinajstić information content (AvgIpc) is 3.73. The zero-order valence-electron chi connectivity index (χ0n) is 19.9. The second-order valence-corrected chi connectivity index (χ2v) is 9.39. The number of rotatable bonds is 7. The van der Waals surface area contributed by atoms with E-state index in [0.29, 0.717) is 16.8 Å². The molecule has 1 aliphatic heterocycles. The standard InChI is InChI=1S/C27H31FN4O3/c1-2-30-10-12-31(13-11-30)24-15-23-20(14-22(24)28)26(34)21(17-32(23)19-8-9-19)27(35)29-16-25(33)18-6-4-3-5-7-18/h3-7,14-15,17,19,25,33H,2,8-13,16H2,1H3,(H,29,35)/t25-/m0/s1. The van der Waals surface area contributed by atoms with Crippen molar-refractivity contribution < 1.29 is 14.3 Å². The molecule has 35 heavy (non-hydrogen) atoms. The highest BCUT2D eigenvalue weighted by molar-refractivity contribution is 5.98. The molecule has 2 heterocycles. The Morgan fingerprint density at radius 2 is 1.86 bits per heavy atom. The number of nitrogens with zero attached hydrogens (tertiary/aromatic N) is 3. The number of carbonyl (C=O) groups is 1. The van der Waals surface area contributed by atoms with Crippen LogP contribution in [-0.4, -0.2) is 59.7 Å². The quantitative estimate of drug-likeness (QED) is 0.546. The van der Waals surface area contributed by atoms with Gasteiger partial charge in [-0.2, -0.15) is 0 Å². The highest BCUT2D eigenvalue weighted by atomic mass is 19.1. The fourth-order valence-electron chi connectivity index (χ4n) is 4.80. The first kappa shape index (κ1) is 23.5. The van der Waals surface area contributed by atoms with Gasteiger partial charge in [-0.3, -0.25) is 9.59 Å². The van der Waals surface area contributed by atoms with Gasteiger partial charge in [-0.05, 0) is 37.1 Å². The van der Waals surface area contributed by atoms with E-state index in [9.17, 15) is 14.7 Å². The van der Waals surface area contributed by atoms with E-state index in [0.717, 1.165) is 45.6 Å². The molecule has 2 N–H and O–H groups in total. The second-order valence-electron chi connectivity index (χ2n) is 9.39. The Kier molecular flexibility index (Phi) is 6.58. The summed E-state index contributed by atoms with van der Waals surface area (Å²) in [6.07, 6.45) is 2.62. The van der Waals surface area contributed by atoms with Crippen molar-refractivity contribution >= 4 is 22.5 Å². The number of fused-ring (bicyclic) bond motifs is 1. The minimum atomic E-state index is -0.889. The normalized spacial score (nSPS) is 17.5. The number of amides is 1. The number of anilines is 1. The monoisotopic (exact) mass is 478 g/mol. The first-order valence-electron chi connectivity index (χ1n) is 12.3. The molecule has 8 heteroatoms. The molecule has 5 rings (SSSR count). The first-order valence-corrected chi connectivity index (χ1v) is 12.3. The van der Waals surface area contributed by atoms with Gasteiger partial charge >= 0.3 is 0 Å². The van der Waals surface area contributed by atoms with Crippen LogP contribution in [0.4, 0.5) is 10.1 Å². The lowest BCUT2D eigenvalue weighted by molar-refractivity contribution is 0.0914. The number of pyridine rings is 1. The van der Waals surface area contributed by atoms with Gasteiger partial charge in [-0.15, -0.1) is 0 Å². The number of benzene rings is 2. The third kappa shape index (κ3) is 4.81. The van der Waals surface area contributed by atoms with E-state index in [4.69, 9.17) is 0 Å². The molecular weight excluding hydrogens is 447 g/mol. The molecule has 1 atom stereocenters. The number of likely N-dealkylation sites (N-methyl/N-ethyl adjacent to an activating group) is 1. The molecule has 1 saturated heterocycles. The lowest BCUT2D eigenvalue weighted by atomic mass is 10.1. The Morgan fingerprint density at radius 1 is 1.14 bits per heavy atom. The number of aromatic nitrogens is 1. The maximum Gasteiger partial charge on any atom is 0.256 e. The van der Waals surface area contributed by atoms with Crippen molar-refractivity contribution in [2.45, 2.75) is 31.9 Å². The number of piperazine rings is 1. The zero-order chi connectivity index (χ0) is 24.5. The van der Waals surface area contributed by atoms with Crippen LogP contribution in [0, 0.1) is 5.82 Å². The van der Waals surface area contributed by atoms with Gasteiger partial charge in [-0.25, -0.2) is 4.39 Å². The Morgan fingerprint density at radius 3 is 2.51 bits per heavy atom. The zero-order valence-corrected chi connectivity index (χ0v) is 19.9. The van der Waals surface area contributed by atoms with Crippen molar-refractivity contribution in [1.82, 2.24) is 14.8 Å². The van der Waals surface area contributed by atoms with E-state index in [1.54, 1.807) is 24.4 Å². The van der Waals surface area contributed by atoms with Gasteiger partial charge in [0.1, 0.15) is 11.4 Å². The Labute approximate surface area is 203 Å². The van der Waals surface area contributed by atoms with Crippen LogP contribution in [0.15, 0.2) is 53.5 Å². The molecule has 3 aromatic rings. The fraction of sp³-hybridized carbons (Fsp3) is 0.407. The van der Waals surface area contributed by atoms with Gasteiger partial charge in [0.05, 0.1) is 17.3 Å². The number of hydrogen-bond donors (Lipinski definition) is 2. The van der Waals surface area contributed by atoms with Crippen LogP contribution in [-0.2, 0) is 0 Å². The number of carbonyl (C=O) groups excluding carboxylic acids is 1. The Hall–Kier alpha value is -3.23. The maximum absolute atomic E-state index is 15.2. The van der Waals surface area contributed by atoms with E-state index >= 15 is 4.39 Å². The van der Waals surface area contributed by atoms with E-state index in [1.165, 1.54) is 6.07 Å². The fourth-order valence-corrected chi connectivity index (χ4v) is 4.80. The van der Waals surface area contributed by atoms with E-state index in [2.05, 4.69) is 17.1 Å².